The Morgan fingerprint density at radius 2 is 1.35 bits per heavy atom. The predicted molar refractivity (Wildman–Crippen MR) is 109 cm³/mol. The molecule has 0 aliphatic carbocycles. The van der Waals surface area contributed by atoms with Gasteiger partial charge >= 0.3 is 17.5 Å². The molecule has 1 aliphatic rings. The van der Waals surface area contributed by atoms with Crippen LogP contribution >= 0.6 is 0 Å². The highest BCUT2D eigenvalue weighted by molar-refractivity contribution is 6.64. The highest BCUT2D eigenvalue weighted by Gasteiger charge is 2.46. The van der Waals surface area contributed by atoms with Crippen molar-refractivity contribution in [3.8, 4) is 0 Å². The Morgan fingerprint density at radius 3 is 1.85 bits per heavy atom. The van der Waals surface area contributed by atoms with E-state index in [0.29, 0.717) is 19.8 Å². The van der Waals surface area contributed by atoms with Gasteiger partial charge in [0.1, 0.15) is 0 Å². The lowest BCUT2D eigenvalue weighted by Gasteiger charge is -2.42. The fourth-order valence-corrected chi connectivity index (χ4v) is 10.1. The molecule has 0 unspecified atom stereocenters. The number of nitrogens with zero attached hydrogens (tertiary/aromatic N) is 1. The summed E-state index contributed by atoms with van der Waals surface area (Å²) in [6, 6.07) is 1.97. The van der Waals surface area contributed by atoms with Gasteiger partial charge in [-0.1, -0.05) is 0 Å². The van der Waals surface area contributed by atoms with E-state index in [9.17, 15) is 0 Å². The molecule has 0 N–H and O–H groups in total. The van der Waals surface area contributed by atoms with E-state index in [0.717, 1.165) is 51.2 Å². The lowest BCUT2D eigenvalue weighted by Crippen LogP contribution is -2.61. The molecule has 0 aromatic rings. The summed E-state index contributed by atoms with van der Waals surface area (Å²) in [6.45, 7) is 15.7. The summed E-state index contributed by atoms with van der Waals surface area (Å²) in [5.74, 6) is 0. The molecule has 1 rings (SSSR count). The molecule has 0 radical (unpaired) electrons. The van der Waals surface area contributed by atoms with Gasteiger partial charge in [0.05, 0.1) is 0 Å². The monoisotopic (exact) mass is 407 g/mol. The van der Waals surface area contributed by atoms with Crippen LogP contribution in [-0.4, -0.2) is 68.2 Å². The summed E-state index contributed by atoms with van der Waals surface area (Å²) in [7, 11) is -4.72. The fourth-order valence-electron chi connectivity index (χ4n) is 3.73. The van der Waals surface area contributed by atoms with Crippen LogP contribution in [0.2, 0.25) is 12.1 Å². The summed E-state index contributed by atoms with van der Waals surface area (Å²) in [6.07, 6.45) is 4.60. The standard InChI is InChI=1S/C18H41NO5Si2/c1-6-20-25(21-7-2)17-13-11-15-19(25)16-12-14-18-26(22-8-3,23-9-4)24-10-5/h6-18H2,1-5H3. The van der Waals surface area contributed by atoms with Crippen molar-refractivity contribution in [3.05, 3.63) is 0 Å². The Morgan fingerprint density at radius 1 is 0.769 bits per heavy atom. The van der Waals surface area contributed by atoms with Gasteiger partial charge in [-0.15, -0.1) is 0 Å². The van der Waals surface area contributed by atoms with Crippen LogP contribution in [0.4, 0.5) is 0 Å². The van der Waals surface area contributed by atoms with E-state index in [1.54, 1.807) is 0 Å². The largest absolute Gasteiger partial charge is 0.500 e. The molecule has 0 amide bonds. The molecule has 1 fully saturated rings. The molecule has 156 valence electrons. The summed E-state index contributed by atoms with van der Waals surface area (Å²) in [4.78, 5) is 0. The summed E-state index contributed by atoms with van der Waals surface area (Å²) >= 11 is 0. The van der Waals surface area contributed by atoms with Gasteiger partial charge in [0, 0.05) is 45.1 Å². The Bertz CT molecular complexity index is 334. The van der Waals surface area contributed by atoms with Crippen LogP contribution < -0.4 is 0 Å². The second kappa shape index (κ2) is 13.4. The highest BCUT2D eigenvalue weighted by Crippen LogP contribution is 2.28. The molecule has 8 heteroatoms. The minimum absolute atomic E-state index is 0.642. The summed E-state index contributed by atoms with van der Waals surface area (Å²) < 4.78 is 32.8. The Balaban J connectivity index is 2.59. The van der Waals surface area contributed by atoms with Gasteiger partial charge in [0.2, 0.25) is 0 Å². The Labute approximate surface area is 163 Å². The highest BCUT2D eigenvalue weighted by atomic mass is 28.4. The van der Waals surface area contributed by atoms with E-state index >= 15 is 0 Å². The number of unbranched alkanes of at least 4 members (excludes halogenated alkanes) is 1. The third-order valence-electron chi connectivity index (χ3n) is 4.65. The molecule has 6 nitrogen and oxygen atoms in total. The Hall–Kier alpha value is 0.194. The molecule has 0 aromatic carbocycles. The zero-order valence-corrected chi connectivity index (χ0v) is 19.7. The number of hydrogen-bond acceptors (Lipinski definition) is 6. The molecule has 1 aliphatic heterocycles. The van der Waals surface area contributed by atoms with Crippen LogP contribution in [0.5, 0.6) is 0 Å². The van der Waals surface area contributed by atoms with Crippen LogP contribution in [0.15, 0.2) is 0 Å². The average Bonchev–Trinajstić information content (AvgIpc) is 2.61. The Kier molecular flexibility index (Phi) is 12.5. The average molecular weight is 408 g/mol. The first-order valence-corrected chi connectivity index (χ1v) is 14.5. The lowest BCUT2D eigenvalue weighted by atomic mass is 10.3. The molecule has 0 spiro atoms. The molecular formula is C18H41NO5Si2. The third kappa shape index (κ3) is 7.31. The van der Waals surface area contributed by atoms with Gasteiger partial charge in [0.15, 0.2) is 0 Å². The predicted octanol–water partition coefficient (Wildman–Crippen LogP) is 3.92. The van der Waals surface area contributed by atoms with Crippen LogP contribution in [0, 0.1) is 0 Å². The van der Waals surface area contributed by atoms with Crippen molar-refractivity contribution in [2.24, 2.45) is 0 Å². The van der Waals surface area contributed by atoms with Crippen molar-refractivity contribution in [1.29, 1.82) is 0 Å². The molecular weight excluding hydrogens is 366 g/mol. The van der Waals surface area contributed by atoms with Gasteiger partial charge in [-0.2, -0.15) is 0 Å². The van der Waals surface area contributed by atoms with E-state index in [1.807, 2.05) is 20.8 Å². The maximum atomic E-state index is 6.21. The van der Waals surface area contributed by atoms with Crippen molar-refractivity contribution in [1.82, 2.24) is 4.57 Å². The molecule has 0 bridgehead atoms. The van der Waals surface area contributed by atoms with Crippen LogP contribution in [0.25, 0.3) is 0 Å². The molecule has 1 saturated heterocycles. The summed E-state index contributed by atoms with van der Waals surface area (Å²) in [5.41, 5.74) is 0. The molecule has 0 saturated carbocycles. The van der Waals surface area contributed by atoms with Gasteiger partial charge in [-0.05, 0) is 73.4 Å². The van der Waals surface area contributed by atoms with Gasteiger partial charge < -0.3 is 22.1 Å². The minimum Gasteiger partial charge on any atom is -0.383 e. The van der Waals surface area contributed by atoms with E-state index in [1.165, 1.54) is 12.8 Å². The van der Waals surface area contributed by atoms with Gasteiger partial charge in [0.25, 0.3) is 0 Å². The smallest absolute Gasteiger partial charge is 0.383 e. The normalized spacial score (nSPS) is 18.3. The zero-order valence-electron chi connectivity index (χ0n) is 17.7. The van der Waals surface area contributed by atoms with E-state index in [-0.39, 0.29) is 0 Å². The third-order valence-corrected chi connectivity index (χ3v) is 11.7. The molecule has 0 aromatic heterocycles. The van der Waals surface area contributed by atoms with Crippen molar-refractivity contribution in [2.45, 2.75) is 72.4 Å². The van der Waals surface area contributed by atoms with Crippen molar-refractivity contribution < 1.29 is 22.1 Å². The first kappa shape index (κ1) is 24.2. The van der Waals surface area contributed by atoms with Crippen molar-refractivity contribution in [2.75, 3.05) is 46.1 Å². The molecule has 1 heterocycles. The fraction of sp³-hybridized carbons (Fsp3) is 1.00. The van der Waals surface area contributed by atoms with Crippen molar-refractivity contribution >= 4 is 17.5 Å². The van der Waals surface area contributed by atoms with Crippen LogP contribution in [-0.2, 0) is 22.1 Å². The quantitative estimate of drug-likeness (QED) is 0.303. The van der Waals surface area contributed by atoms with Crippen LogP contribution in [0.3, 0.4) is 0 Å². The lowest BCUT2D eigenvalue weighted by molar-refractivity contribution is 0.0702. The SMILES string of the molecule is CCO[Si](CCCCN1CCCC[Si]1(OCC)OCC)(OCC)OCC. The number of rotatable bonds is 15. The summed E-state index contributed by atoms with van der Waals surface area (Å²) in [5, 5.41) is 0. The first-order valence-electron chi connectivity index (χ1n) is 10.6. The second-order valence-electron chi connectivity index (χ2n) is 6.46. The van der Waals surface area contributed by atoms with E-state index < -0.39 is 17.5 Å². The molecule has 0 atom stereocenters. The topological polar surface area (TPSA) is 49.4 Å². The van der Waals surface area contributed by atoms with Gasteiger partial charge in [-0.3, -0.25) is 4.57 Å². The molecule has 26 heavy (non-hydrogen) atoms. The minimum atomic E-state index is -2.52. The van der Waals surface area contributed by atoms with Gasteiger partial charge in [-0.25, -0.2) is 0 Å². The van der Waals surface area contributed by atoms with Crippen LogP contribution in [0.1, 0.15) is 60.3 Å². The van der Waals surface area contributed by atoms with E-state index in [4.69, 9.17) is 22.1 Å². The maximum absolute atomic E-state index is 6.21. The maximum Gasteiger partial charge on any atom is 0.500 e. The van der Waals surface area contributed by atoms with E-state index in [2.05, 4.69) is 18.4 Å². The number of hydrogen-bond donors (Lipinski definition) is 0. The zero-order chi connectivity index (χ0) is 19.3. The second-order valence-corrected chi connectivity index (χ2v) is 12.3. The van der Waals surface area contributed by atoms with Crippen molar-refractivity contribution in [3.63, 3.8) is 0 Å². The first-order chi connectivity index (χ1) is 12.6.